The molecule has 0 saturated carbocycles. The molecule has 0 spiro atoms. The highest BCUT2D eigenvalue weighted by Crippen LogP contribution is 2.28. The predicted octanol–water partition coefficient (Wildman–Crippen LogP) is 3.68. The third-order valence-electron chi connectivity index (χ3n) is 7.06. The van der Waals surface area contributed by atoms with Crippen LogP contribution in [0.1, 0.15) is 21.9 Å². The molecular weight excluding hydrogens is 499 g/mol. The monoisotopic (exact) mass is 528 g/mol. The Morgan fingerprint density at radius 1 is 0.949 bits per heavy atom. The van der Waals surface area contributed by atoms with E-state index in [0.29, 0.717) is 43.5 Å². The van der Waals surface area contributed by atoms with Crippen molar-refractivity contribution in [3.05, 3.63) is 93.9 Å². The Labute approximate surface area is 224 Å². The van der Waals surface area contributed by atoms with Crippen LogP contribution in [-0.2, 0) is 11.8 Å². The number of hydrogen-bond acceptors (Lipinski definition) is 6. The number of hydrogen-bond donors (Lipinski definition) is 2. The number of nitrogens with zero attached hydrogens (tertiary/aromatic N) is 4. The summed E-state index contributed by atoms with van der Waals surface area (Å²) < 4.78 is 15.4. The molecule has 2 N–H and O–H groups in total. The van der Waals surface area contributed by atoms with E-state index in [4.69, 9.17) is 0 Å². The van der Waals surface area contributed by atoms with Gasteiger partial charge in [0.15, 0.2) is 0 Å². The van der Waals surface area contributed by atoms with Gasteiger partial charge in [-0.15, -0.1) is 0 Å². The number of Topliss-reactive ketones (excluding diaryl/α,β-unsaturated/α-hetero) is 1. The van der Waals surface area contributed by atoms with Gasteiger partial charge in [-0.2, -0.15) is 4.39 Å². The van der Waals surface area contributed by atoms with Gasteiger partial charge in [-0.05, 0) is 49.7 Å². The Bertz CT molecular complexity index is 1590. The second-order valence-electron chi connectivity index (χ2n) is 9.57. The molecule has 0 aliphatic carbocycles. The van der Waals surface area contributed by atoms with Gasteiger partial charge in [0.25, 0.3) is 17.2 Å². The maximum Gasteiger partial charge on any atom is 0.298 e. The van der Waals surface area contributed by atoms with Crippen LogP contribution < -0.4 is 20.7 Å². The molecule has 2 aromatic carbocycles. The van der Waals surface area contributed by atoms with Gasteiger partial charge < -0.3 is 19.7 Å². The Kier molecular flexibility index (Phi) is 7.02. The number of halogens is 1. The fraction of sp³-hybridized carbons (Fsp3) is 0.241. The lowest BCUT2D eigenvalue weighted by Gasteiger charge is -2.36. The van der Waals surface area contributed by atoms with E-state index in [1.165, 1.54) is 6.92 Å². The molecule has 1 fully saturated rings. The molecule has 200 valence electrons. The number of carbonyl (C=O) groups excluding carboxylic acids is 2. The largest absolute Gasteiger partial charge is 0.368 e. The molecule has 5 rings (SSSR count). The van der Waals surface area contributed by atoms with E-state index in [0.717, 1.165) is 22.5 Å². The van der Waals surface area contributed by atoms with Crippen LogP contribution in [0.4, 0.5) is 21.7 Å². The Morgan fingerprint density at radius 2 is 1.59 bits per heavy atom. The maximum absolute atomic E-state index is 13.6. The number of aromatic nitrogens is 3. The lowest BCUT2D eigenvalue weighted by Crippen LogP contribution is -2.47. The highest BCUT2D eigenvalue weighted by molar-refractivity contribution is 6.47. The highest BCUT2D eigenvalue weighted by atomic mass is 19.1. The SMILES string of the molecule is Cc1nc(N2CCN(c3ccc(NC(=O)C(=O)c4c(-c5ccccc5)cc(C)n4C)cc3)CC2)[nH]c(=O)c1F. The van der Waals surface area contributed by atoms with Gasteiger partial charge in [0.1, 0.15) is 5.69 Å². The number of aryl methyl sites for hydroxylation is 2. The van der Waals surface area contributed by atoms with Crippen LogP contribution in [0.2, 0.25) is 0 Å². The summed E-state index contributed by atoms with van der Waals surface area (Å²) in [6.07, 6.45) is 0. The summed E-state index contributed by atoms with van der Waals surface area (Å²) in [5.74, 6) is -1.80. The second-order valence-corrected chi connectivity index (χ2v) is 9.57. The standard InChI is InChI=1S/C29H29FN6O3/c1-18-17-23(20-7-5-4-6-8-20)25(34(18)3)26(37)28(39)32-21-9-11-22(12-10-21)35-13-15-36(16-14-35)29-31-19(2)24(30)27(38)33-29/h4-12,17H,13-16H2,1-3H3,(H,32,39)(H,31,33,38). The van der Waals surface area contributed by atoms with Crippen LogP contribution in [0.15, 0.2) is 65.5 Å². The number of rotatable bonds is 6. The number of amides is 1. The number of H-pyrrole nitrogens is 1. The number of ketones is 1. The van der Waals surface area contributed by atoms with Crippen molar-refractivity contribution in [2.45, 2.75) is 13.8 Å². The van der Waals surface area contributed by atoms with Gasteiger partial charge in [0, 0.05) is 55.9 Å². The molecule has 9 nitrogen and oxygen atoms in total. The van der Waals surface area contributed by atoms with E-state index in [1.54, 1.807) is 23.7 Å². The van der Waals surface area contributed by atoms with Gasteiger partial charge in [-0.25, -0.2) is 4.98 Å². The van der Waals surface area contributed by atoms with Crippen LogP contribution in [0, 0.1) is 19.7 Å². The predicted molar refractivity (Wildman–Crippen MR) is 149 cm³/mol. The summed E-state index contributed by atoms with van der Waals surface area (Å²) in [7, 11) is 1.78. The van der Waals surface area contributed by atoms with E-state index in [2.05, 4.69) is 20.2 Å². The van der Waals surface area contributed by atoms with Crippen molar-refractivity contribution in [2.75, 3.05) is 41.3 Å². The molecule has 0 bridgehead atoms. The number of benzene rings is 2. The Hall–Kier alpha value is -4.73. The quantitative estimate of drug-likeness (QED) is 0.292. The fourth-order valence-corrected chi connectivity index (χ4v) is 4.78. The van der Waals surface area contributed by atoms with Crippen LogP contribution in [0.25, 0.3) is 11.1 Å². The van der Waals surface area contributed by atoms with E-state index in [-0.39, 0.29) is 5.69 Å². The first kappa shape index (κ1) is 25.9. The summed E-state index contributed by atoms with van der Waals surface area (Å²) in [6, 6.07) is 18.8. The van der Waals surface area contributed by atoms with Crippen molar-refractivity contribution in [1.29, 1.82) is 0 Å². The van der Waals surface area contributed by atoms with Crippen molar-refractivity contribution < 1.29 is 14.0 Å². The van der Waals surface area contributed by atoms with Gasteiger partial charge in [0.05, 0.1) is 5.69 Å². The summed E-state index contributed by atoms with van der Waals surface area (Å²) in [5.41, 5.74) is 3.61. The molecule has 0 atom stereocenters. The molecule has 2 aromatic heterocycles. The zero-order valence-electron chi connectivity index (χ0n) is 22.0. The molecular formula is C29H29FN6O3. The summed E-state index contributed by atoms with van der Waals surface area (Å²) >= 11 is 0. The summed E-state index contributed by atoms with van der Waals surface area (Å²) in [4.78, 5) is 48.7. The smallest absolute Gasteiger partial charge is 0.298 e. The summed E-state index contributed by atoms with van der Waals surface area (Å²) in [5, 5.41) is 2.73. The van der Waals surface area contributed by atoms with Crippen LogP contribution >= 0.6 is 0 Å². The molecule has 0 unspecified atom stereocenters. The number of aromatic amines is 1. The molecule has 1 aliphatic heterocycles. The molecule has 4 aromatic rings. The third kappa shape index (κ3) is 5.18. The molecule has 0 radical (unpaired) electrons. The first-order valence-electron chi connectivity index (χ1n) is 12.7. The first-order chi connectivity index (χ1) is 18.7. The average molecular weight is 529 g/mol. The van der Waals surface area contributed by atoms with Gasteiger partial charge in [0.2, 0.25) is 11.8 Å². The number of carbonyl (C=O) groups is 2. The van der Waals surface area contributed by atoms with E-state index in [9.17, 15) is 18.8 Å². The molecule has 1 aliphatic rings. The van der Waals surface area contributed by atoms with Crippen molar-refractivity contribution in [3.8, 4) is 11.1 Å². The average Bonchev–Trinajstić information content (AvgIpc) is 3.25. The van der Waals surface area contributed by atoms with Crippen LogP contribution in [0.5, 0.6) is 0 Å². The Balaban J connectivity index is 1.24. The van der Waals surface area contributed by atoms with Gasteiger partial charge in [-0.1, -0.05) is 30.3 Å². The Morgan fingerprint density at radius 3 is 2.23 bits per heavy atom. The number of anilines is 3. The van der Waals surface area contributed by atoms with Crippen molar-refractivity contribution >= 4 is 29.0 Å². The summed E-state index contributed by atoms with van der Waals surface area (Å²) in [6.45, 7) is 5.90. The second kappa shape index (κ2) is 10.6. The zero-order valence-corrected chi connectivity index (χ0v) is 22.0. The van der Waals surface area contributed by atoms with Gasteiger partial charge in [-0.3, -0.25) is 19.4 Å². The minimum Gasteiger partial charge on any atom is -0.368 e. The van der Waals surface area contributed by atoms with E-state index >= 15 is 0 Å². The van der Waals surface area contributed by atoms with E-state index < -0.39 is 23.1 Å². The minimum absolute atomic E-state index is 0.0749. The minimum atomic E-state index is -0.860. The topological polar surface area (TPSA) is 103 Å². The third-order valence-corrected chi connectivity index (χ3v) is 7.06. The lowest BCUT2D eigenvalue weighted by atomic mass is 10.0. The molecule has 10 heteroatoms. The number of piperazine rings is 1. The molecule has 3 heterocycles. The van der Waals surface area contributed by atoms with Crippen molar-refractivity contribution in [3.63, 3.8) is 0 Å². The van der Waals surface area contributed by atoms with Gasteiger partial charge >= 0.3 is 0 Å². The van der Waals surface area contributed by atoms with Crippen LogP contribution in [-0.4, -0.2) is 52.4 Å². The maximum atomic E-state index is 13.6. The lowest BCUT2D eigenvalue weighted by molar-refractivity contribution is -0.112. The van der Waals surface area contributed by atoms with Crippen molar-refractivity contribution in [1.82, 2.24) is 14.5 Å². The van der Waals surface area contributed by atoms with Crippen molar-refractivity contribution in [2.24, 2.45) is 7.05 Å². The molecule has 1 saturated heterocycles. The molecule has 1 amide bonds. The number of nitrogens with one attached hydrogen (secondary N) is 2. The first-order valence-corrected chi connectivity index (χ1v) is 12.7. The van der Waals surface area contributed by atoms with Crippen LogP contribution in [0.3, 0.4) is 0 Å². The highest BCUT2D eigenvalue weighted by Gasteiger charge is 2.25. The normalized spacial score (nSPS) is 13.4. The van der Waals surface area contributed by atoms with E-state index in [1.807, 2.05) is 60.4 Å². The molecule has 39 heavy (non-hydrogen) atoms. The zero-order chi connectivity index (χ0) is 27.7. The fourth-order valence-electron chi connectivity index (χ4n) is 4.78.